The van der Waals surface area contributed by atoms with Crippen molar-refractivity contribution in [3.63, 3.8) is 0 Å². The number of hydrogen-bond donors (Lipinski definition) is 1. The summed E-state index contributed by atoms with van der Waals surface area (Å²) in [6, 6.07) is 0. The lowest BCUT2D eigenvalue weighted by atomic mass is 9.85. The molecule has 4 nitrogen and oxygen atoms in total. The minimum Gasteiger partial charge on any atom is -0.303 e. The SMILES string of the molecule is CC(C)(C=O)CC(C)(C)S(=O)(=O)O. The van der Waals surface area contributed by atoms with Gasteiger partial charge in [0.15, 0.2) is 0 Å². The van der Waals surface area contributed by atoms with Crippen molar-refractivity contribution in [1.82, 2.24) is 0 Å². The monoisotopic (exact) mass is 208 g/mol. The molecule has 0 rings (SSSR count). The number of carbonyl (C=O) groups excluding carboxylic acids is 1. The van der Waals surface area contributed by atoms with Crippen LogP contribution in [0.3, 0.4) is 0 Å². The zero-order valence-electron chi connectivity index (χ0n) is 8.36. The molecule has 0 heterocycles. The van der Waals surface area contributed by atoms with Crippen LogP contribution in [0.25, 0.3) is 0 Å². The fourth-order valence-corrected chi connectivity index (χ4v) is 1.78. The Morgan fingerprint density at radius 3 is 1.85 bits per heavy atom. The van der Waals surface area contributed by atoms with Gasteiger partial charge in [0, 0.05) is 5.41 Å². The van der Waals surface area contributed by atoms with Crippen LogP contribution in [-0.4, -0.2) is 24.0 Å². The summed E-state index contributed by atoms with van der Waals surface area (Å²) in [6.07, 6.45) is 0.794. The van der Waals surface area contributed by atoms with Gasteiger partial charge in [-0.3, -0.25) is 4.55 Å². The Bertz CT molecular complexity index is 287. The fourth-order valence-electron chi connectivity index (χ4n) is 1.23. The van der Waals surface area contributed by atoms with Gasteiger partial charge in [-0.1, -0.05) is 13.8 Å². The van der Waals surface area contributed by atoms with Crippen LogP contribution in [0.4, 0.5) is 0 Å². The second kappa shape index (κ2) is 3.38. The van der Waals surface area contributed by atoms with Gasteiger partial charge in [0.05, 0.1) is 4.75 Å². The van der Waals surface area contributed by atoms with Crippen LogP contribution in [0.5, 0.6) is 0 Å². The summed E-state index contributed by atoms with van der Waals surface area (Å²) in [5, 5.41) is 0. The molecule has 1 N–H and O–H groups in total. The van der Waals surface area contributed by atoms with Crippen molar-refractivity contribution in [2.24, 2.45) is 5.41 Å². The van der Waals surface area contributed by atoms with E-state index in [2.05, 4.69) is 0 Å². The molecule has 0 atom stereocenters. The van der Waals surface area contributed by atoms with Gasteiger partial charge in [0.2, 0.25) is 0 Å². The Hall–Kier alpha value is -0.420. The minimum atomic E-state index is -4.10. The molecule has 0 aromatic rings. The van der Waals surface area contributed by atoms with Gasteiger partial charge in [-0.05, 0) is 20.3 Å². The molecule has 0 aliphatic carbocycles. The third-order valence-electron chi connectivity index (χ3n) is 1.90. The maximum atomic E-state index is 10.9. The van der Waals surface area contributed by atoms with Crippen LogP contribution >= 0.6 is 0 Å². The van der Waals surface area contributed by atoms with E-state index in [-0.39, 0.29) is 6.42 Å². The molecule has 0 spiro atoms. The predicted octanol–water partition coefficient (Wildman–Crippen LogP) is 1.27. The molecule has 13 heavy (non-hydrogen) atoms. The lowest BCUT2D eigenvalue weighted by Gasteiger charge is -2.28. The van der Waals surface area contributed by atoms with E-state index < -0.39 is 20.3 Å². The lowest BCUT2D eigenvalue weighted by Crippen LogP contribution is -2.37. The molecular weight excluding hydrogens is 192 g/mol. The van der Waals surface area contributed by atoms with E-state index in [4.69, 9.17) is 4.55 Å². The summed E-state index contributed by atoms with van der Waals surface area (Å²) in [4.78, 5) is 10.6. The van der Waals surface area contributed by atoms with Crippen LogP contribution < -0.4 is 0 Å². The predicted molar refractivity (Wildman–Crippen MR) is 50.1 cm³/mol. The summed E-state index contributed by atoms with van der Waals surface area (Å²) in [5.74, 6) is 0. The molecule has 0 aliphatic rings. The Morgan fingerprint density at radius 1 is 1.23 bits per heavy atom. The van der Waals surface area contributed by atoms with Crippen LogP contribution in [0.1, 0.15) is 34.1 Å². The standard InChI is InChI=1S/C8H16O4S/c1-7(2,6-9)5-8(3,4)13(10,11)12/h6H,5H2,1-4H3,(H,10,11,12). The van der Waals surface area contributed by atoms with Crippen molar-refractivity contribution in [2.45, 2.75) is 38.9 Å². The topological polar surface area (TPSA) is 71.4 Å². The molecule has 0 saturated carbocycles. The van der Waals surface area contributed by atoms with E-state index in [1.807, 2.05) is 0 Å². The second-order valence-electron chi connectivity index (χ2n) is 4.52. The number of rotatable bonds is 4. The first-order valence-electron chi connectivity index (χ1n) is 3.95. The van der Waals surface area contributed by atoms with Gasteiger partial charge in [-0.15, -0.1) is 0 Å². The molecule has 0 saturated heterocycles. The van der Waals surface area contributed by atoms with Crippen molar-refractivity contribution in [3.05, 3.63) is 0 Å². The van der Waals surface area contributed by atoms with Gasteiger partial charge < -0.3 is 4.79 Å². The average molecular weight is 208 g/mol. The fraction of sp³-hybridized carbons (Fsp3) is 0.875. The summed E-state index contributed by atoms with van der Waals surface area (Å²) < 4.78 is 29.4. The summed E-state index contributed by atoms with van der Waals surface area (Å²) in [7, 11) is -4.10. The number of hydrogen-bond acceptors (Lipinski definition) is 3. The average Bonchev–Trinajstić information content (AvgIpc) is 1.83. The Balaban J connectivity index is 4.82. The number of aldehydes is 1. The lowest BCUT2D eigenvalue weighted by molar-refractivity contribution is -0.115. The van der Waals surface area contributed by atoms with Crippen molar-refractivity contribution in [3.8, 4) is 0 Å². The van der Waals surface area contributed by atoms with Crippen LogP contribution in [-0.2, 0) is 14.9 Å². The normalized spacial score (nSPS) is 14.2. The van der Waals surface area contributed by atoms with Gasteiger partial charge in [-0.25, -0.2) is 0 Å². The van der Waals surface area contributed by atoms with Crippen molar-refractivity contribution < 1.29 is 17.8 Å². The van der Waals surface area contributed by atoms with Crippen LogP contribution in [0.2, 0.25) is 0 Å². The summed E-state index contributed by atoms with van der Waals surface area (Å²) >= 11 is 0. The highest BCUT2D eigenvalue weighted by molar-refractivity contribution is 7.87. The first-order chi connectivity index (χ1) is 5.52. The second-order valence-corrected chi connectivity index (χ2v) is 6.57. The highest BCUT2D eigenvalue weighted by atomic mass is 32.2. The molecule has 0 amide bonds. The van der Waals surface area contributed by atoms with Crippen molar-refractivity contribution >= 4 is 16.4 Å². The van der Waals surface area contributed by atoms with Crippen molar-refractivity contribution in [1.29, 1.82) is 0 Å². The summed E-state index contributed by atoms with van der Waals surface area (Å²) in [5.41, 5.74) is -0.737. The molecule has 0 aliphatic heterocycles. The first-order valence-corrected chi connectivity index (χ1v) is 5.39. The molecule has 0 aromatic heterocycles. The molecule has 0 radical (unpaired) electrons. The van der Waals surface area contributed by atoms with E-state index in [1.54, 1.807) is 13.8 Å². The van der Waals surface area contributed by atoms with Gasteiger partial charge in [0.25, 0.3) is 10.1 Å². The third kappa shape index (κ3) is 3.44. The zero-order valence-corrected chi connectivity index (χ0v) is 9.18. The van der Waals surface area contributed by atoms with E-state index >= 15 is 0 Å². The molecular formula is C8H16O4S. The van der Waals surface area contributed by atoms with Crippen molar-refractivity contribution in [2.75, 3.05) is 0 Å². The highest BCUT2D eigenvalue weighted by Gasteiger charge is 2.38. The Kier molecular flexibility index (Phi) is 3.27. The largest absolute Gasteiger partial charge is 0.303 e. The molecule has 0 fully saturated rings. The van der Waals surface area contributed by atoms with Crippen LogP contribution in [0, 0.1) is 5.41 Å². The molecule has 5 heteroatoms. The first kappa shape index (κ1) is 12.6. The van der Waals surface area contributed by atoms with Gasteiger partial charge in [0.1, 0.15) is 6.29 Å². The molecule has 0 aromatic carbocycles. The van der Waals surface area contributed by atoms with E-state index in [1.165, 1.54) is 13.8 Å². The van der Waals surface area contributed by atoms with Crippen LogP contribution in [0.15, 0.2) is 0 Å². The highest BCUT2D eigenvalue weighted by Crippen LogP contribution is 2.30. The Labute approximate surface area is 79.1 Å². The molecule has 78 valence electrons. The van der Waals surface area contributed by atoms with Gasteiger partial charge in [-0.2, -0.15) is 8.42 Å². The zero-order chi connectivity index (χ0) is 10.9. The quantitative estimate of drug-likeness (QED) is 0.558. The number of carbonyl (C=O) groups is 1. The minimum absolute atomic E-state index is 0.0995. The smallest absolute Gasteiger partial charge is 0.270 e. The molecule has 0 bridgehead atoms. The van der Waals surface area contributed by atoms with E-state index in [0.29, 0.717) is 6.29 Å². The maximum Gasteiger partial charge on any atom is 0.270 e. The third-order valence-corrected chi connectivity index (χ3v) is 3.44. The Morgan fingerprint density at radius 2 is 1.62 bits per heavy atom. The molecule has 0 unspecified atom stereocenters. The van der Waals surface area contributed by atoms with E-state index in [0.717, 1.165) is 0 Å². The van der Waals surface area contributed by atoms with E-state index in [9.17, 15) is 13.2 Å². The van der Waals surface area contributed by atoms with Gasteiger partial charge >= 0.3 is 0 Å². The maximum absolute atomic E-state index is 10.9. The summed E-state index contributed by atoms with van der Waals surface area (Å²) in [6.45, 7) is 6.06.